The standard InChI is InChI=1S/C34H31N3O8S/c1-20(38)44-18-25-19-46-32-28(31(40)37(32)29(25)33(41)42)35-30(39)27(34(43)45-26-13-12-22-6-5-7-24(22)16-26)23-10-8-21(9-11-23)17-36-14-3-2-4-15-36/h2-4,8-16,27-28,32H,5-7,17-19H2,1H3,(H-,35,39,41,42)/p+1. The summed E-state index contributed by atoms with van der Waals surface area (Å²) in [5.41, 5.74) is 3.68. The number of carbonyl (C=O) groups excluding carboxylic acids is 4. The molecule has 11 nitrogen and oxygen atoms in total. The first kappa shape index (κ1) is 31.0. The highest BCUT2D eigenvalue weighted by Gasteiger charge is 2.55. The van der Waals surface area contributed by atoms with Gasteiger partial charge in [0.25, 0.3) is 5.91 Å². The molecule has 236 valence electrons. The average molecular weight is 643 g/mol. The Labute approximate surface area is 269 Å². The van der Waals surface area contributed by atoms with Crippen molar-refractivity contribution in [3.63, 3.8) is 0 Å². The molecule has 3 heterocycles. The van der Waals surface area contributed by atoms with E-state index in [1.807, 2.05) is 59.4 Å². The van der Waals surface area contributed by atoms with E-state index >= 15 is 0 Å². The molecule has 2 amide bonds. The van der Waals surface area contributed by atoms with E-state index < -0.39 is 47.1 Å². The number of hydrogen-bond acceptors (Lipinski definition) is 8. The Morgan fingerprint density at radius 2 is 1.78 bits per heavy atom. The predicted molar refractivity (Wildman–Crippen MR) is 165 cm³/mol. The maximum Gasteiger partial charge on any atom is 0.352 e. The molecule has 3 unspecified atom stereocenters. The van der Waals surface area contributed by atoms with Crippen molar-refractivity contribution in [1.82, 2.24) is 10.2 Å². The zero-order valence-corrected chi connectivity index (χ0v) is 25.8. The Bertz CT molecular complexity index is 1740. The van der Waals surface area contributed by atoms with Crippen molar-refractivity contribution in [2.24, 2.45) is 0 Å². The number of thioether (sulfide) groups is 1. The van der Waals surface area contributed by atoms with Crippen LogP contribution in [0.1, 0.15) is 41.5 Å². The highest BCUT2D eigenvalue weighted by molar-refractivity contribution is 8.00. The molecule has 0 bridgehead atoms. The maximum atomic E-state index is 13.8. The van der Waals surface area contributed by atoms with Gasteiger partial charge in [-0.25, -0.2) is 9.36 Å². The van der Waals surface area contributed by atoms with Crippen LogP contribution in [0.15, 0.2) is 84.3 Å². The van der Waals surface area contributed by atoms with Gasteiger partial charge in [-0.1, -0.05) is 36.4 Å². The Balaban J connectivity index is 1.23. The summed E-state index contributed by atoms with van der Waals surface area (Å²) in [4.78, 5) is 65.2. The second kappa shape index (κ2) is 13.2. The highest BCUT2D eigenvalue weighted by atomic mass is 32.2. The molecule has 0 saturated carbocycles. The second-order valence-corrected chi connectivity index (χ2v) is 12.5. The number of fused-ring (bicyclic) bond motifs is 2. The van der Waals surface area contributed by atoms with Gasteiger partial charge >= 0.3 is 17.9 Å². The first-order valence-corrected chi connectivity index (χ1v) is 15.9. The van der Waals surface area contributed by atoms with Crippen molar-refractivity contribution in [2.45, 2.75) is 50.1 Å². The number of aliphatic carboxylic acids is 1. The highest BCUT2D eigenvalue weighted by Crippen LogP contribution is 2.40. The number of rotatable bonds is 10. The van der Waals surface area contributed by atoms with E-state index in [1.54, 1.807) is 18.2 Å². The number of carboxylic acids is 1. The number of nitrogens with zero attached hydrogens (tertiary/aromatic N) is 2. The minimum absolute atomic E-state index is 0.181. The molecule has 12 heteroatoms. The molecule has 3 aromatic rings. The Morgan fingerprint density at radius 3 is 2.50 bits per heavy atom. The molecular weight excluding hydrogens is 610 g/mol. The number of β-lactam (4-membered cyclic amide) rings is 1. The second-order valence-electron chi connectivity index (χ2n) is 11.4. The van der Waals surface area contributed by atoms with Crippen molar-refractivity contribution in [3.05, 3.63) is 107 Å². The number of aromatic nitrogens is 1. The molecule has 1 aromatic heterocycles. The Hall–Kier alpha value is -4.97. The number of pyridine rings is 1. The van der Waals surface area contributed by atoms with Crippen LogP contribution in [0.4, 0.5) is 0 Å². The van der Waals surface area contributed by atoms with Crippen molar-refractivity contribution in [1.29, 1.82) is 0 Å². The van der Waals surface area contributed by atoms with Gasteiger partial charge in [0.1, 0.15) is 29.5 Å². The van der Waals surface area contributed by atoms with Gasteiger partial charge in [0, 0.05) is 35.9 Å². The first-order valence-electron chi connectivity index (χ1n) is 14.9. The number of esters is 2. The number of carbonyl (C=O) groups is 5. The van der Waals surface area contributed by atoms with E-state index in [-0.39, 0.29) is 23.6 Å². The van der Waals surface area contributed by atoms with Crippen molar-refractivity contribution in [3.8, 4) is 5.75 Å². The summed E-state index contributed by atoms with van der Waals surface area (Å²) >= 11 is 1.24. The van der Waals surface area contributed by atoms with Crippen LogP contribution in [-0.2, 0) is 48.1 Å². The zero-order valence-electron chi connectivity index (χ0n) is 25.0. The van der Waals surface area contributed by atoms with Gasteiger partial charge in [0.05, 0.1) is 0 Å². The summed E-state index contributed by atoms with van der Waals surface area (Å²) < 4.78 is 12.7. The monoisotopic (exact) mass is 642 g/mol. The van der Waals surface area contributed by atoms with Crippen LogP contribution >= 0.6 is 11.8 Å². The van der Waals surface area contributed by atoms with Crippen LogP contribution in [0, 0.1) is 0 Å². The number of ether oxygens (including phenoxy) is 2. The van der Waals surface area contributed by atoms with Gasteiger partial charge in [-0.15, -0.1) is 11.8 Å². The van der Waals surface area contributed by atoms with Crippen LogP contribution in [0.2, 0.25) is 0 Å². The predicted octanol–water partition coefficient (Wildman–Crippen LogP) is 2.50. The topological polar surface area (TPSA) is 143 Å². The molecule has 2 N–H and O–H groups in total. The minimum atomic E-state index is -1.39. The van der Waals surface area contributed by atoms with E-state index in [4.69, 9.17) is 9.47 Å². The summed E-state index contributed by atoms with van der Waals surface area (Å²) in [5.74, 6) is -4.95. The van der Waals surface area contributed by atoms with E-state index in [0.717, 1.165) is 35.3 Å². The smallest absolute Gasteiger partial charge is 0.352 e. The van der Waals surface area contributed by atoms with Gasteiger partial charge in [-0.2, -0.15) is 0 Å². The maximum absolute atomic E-state index is 13.8. The lowest BCUT2D eigenvalue weighted by Crippen LogP contribution is -2.71. The molecule has 3 aliphatic rings. The van der Waals surface area contributed by atoms with Gasteiger partial charge in [0.15, 0.2) is 24.9 Å². The molecular formula is C34H32N3O8S+. The van der Waals surface area contributed by atoms with E-state index in [0.29, 0.717) is 17.9 Å². The molecule has 3 atom stereocenters. The van der Waals surface area contributed by atoms with E-state index in [9.17, 15) is 29.1 Å². The molecule has 0 radical (unpaired) electrons. The zero-order chi connectivity index (χ0) is 32.4. The largest absolute Gasteiger partial charge is 0.477 e. The quantitative estimate of drug-likeness (QED) is 0.112. The number of carboxylic acid groups (broad SMARTS) is 1. The summed E-state index contributed by atoms with van der Waals surface area (Å²) in [6.07, 6.45) is 6.76. The lowest BCUT2D eigenvalue weighted by Gasteiger charge is -2.49. The molecule has 1 saturated heterocycles. The fourth-order valence-electron chi connectivity index (χ4n) is 5.97. The number of benzene rings is 2. The fraction of sp³-hybridized carbons (Fsp3) is 0.294. The van der Waals surface area contributed by atoms with Crippen molar-refractivity contribution in [2.75, 3.05) is 12.4 Å². The van der Waals surface area contributed by atoms with Crippen LogP contribution < -0.4 is 14.6 Å². The summed E-state index contributed by atoms with van der Waals surface area (Å²) in [5, 5.41) is 11.8. The van der Waals surface area contributed by atoms with Crippen LogP contribution in [0.5, 0.6) is 5.75 Å². The van der Waals surface area contributed by atoms with Crippen LogP contribution in [-0.4, -0.2) is 63.5 Å². The number of hydrogen-bond donors (Lipinski definition) is 2. The van der Waals surface area contributed by atoms with Crippen LogP contribution in [0.25, 0.3) is 0 Å². The summed E-state index contributed by atoms with van der Waals surface area (Å²) in [7, 11) is 0. The fourth-order valence-corrected chi connectivity index (χ4v) is 7.29. The molecule has 1 aliphatic carbocycles. The van der Waals surface area contributed by atoms with Gasteiger partial charge in [0.2, 0.25) is 5.91 Å². The third-order valence-corrected chi connectivity index (χ3v) is 9.58. The molecule has 6 rings (SSSR count). The lowest BCUT2D eigenvalue weighted by molar-refractivity contribution is -0.688. The molecule has 2 aliphatic heterocycles. The van der Waals surface area contributed by atoms with Gasteiger partial charge < -0.3 is 19.9 Å². The van der Waals surface area contributed by atoms with E-state index in [2.05, 4.69) is 5.32 Å². The Kier molecular flexibility index (Phi) is 8.89. The van der Waals surface area contributed by atoms with E-state index in [1.165, 1.54) is 24.2 Å². The molecule has 2 aromatic carbocycles. The Morgan fingerprint density at radius 1 is 1.04 bits per heavy atom. The molecule has 1 fully saturated rings. The van der Waals surface area contributed by atoms with Crippen molar-refractivity contribution >= 4 is 41.5 Å². The third-order valence-electron chi connectivity index (χ3n) is 8.24. The normalized spacial score (nSPS) is 19.0. The lowest BCUT2D eigenvalue weighted by atomic mass is 9.95. The van der Waals surface area contributed by atoms with Gasteiger partial charge in [-0.05, 0) is 48.1 Å². The molecule has 46 heavy (non-hydrogen) atoms. The third kappa shape index (κ3) is 6.38. The van der Waals surface area contributed by atoms with Crippen molar-refractivity contribution < 1.29 is 43.1 Å². The van der Waals surface area contributed by atoms with Gasteiger partial charge in [-0.3, -0.25) is 24.1 Å². The number of aryl methyl sites for hydroxylation is 2. The minimum Gasteiger partial charge on any atom is -0.477 e. The van der Waals surface area contributed by atoms with Crippen LogP contribution in [0.3, 0.4) is 0 Å². The summed E-state index contributed by atoms with van der Waals surface area (Å²) in [6.45, 7) is 1.54. The molecule has 0 spiro atoms. The SMILES string of the molecule is CC(=O)OCC1=C(C(=O)O)N2C(=O)C(NC(=O)C(C(=O)Oc3ccc4c(c3)CCC4)c3ccc(C[n+]4ccccc4)cc3)C2SC1. The first-order chi connectivity index (χ1) is 22.2. The number of nitrogens with one attached hydrogen (secondary N) is 1. The summed E-state index contributed by atoms with van der Waals surface area (Å²) in [6, 6.07) is 17.3. The number of amides is 2. The average Bonchev–Trinajstić information content (AvgIpc) is 3.51.